The third-order valence-electron chi connectivity index (χ3n) is 5.53. The Kier molecular flexibility index (Phi) is 6.87. The predicted molar refractivity (Wildman–Crippen MR) is 125 cm³/mol. The minimum Gasteiger partial charge on any atom is -0.351 e. The maximum Gasteiger partial charge on any atom is 0.276 e. The van der Waals surface area contributed by atoms with Crippen molar-refractivity contribution in [1.29, 1.82) is 0 Å². The average molecular weight is 430 g/mol. The molecule has 7 nitrogen and oxygen atoms in total. The van der Waals surface area contributed by atoms with Gasteiger partial charge in [-0.2, -0.15) is 0 Å². The van der Waals surface area contributed by atoms with E-state index < -0.39 is 0 Å². The second kappa shape index (κ2) is 10.2. The van der Waals surface area contributed by atoms with Crippen LogP contribution in [0.1, 0.15) is 39.4 Å². The zero-order valence-electron chi connectivity index (χ0n) is 18.2. The molecule has 1 saturated heterocycles. The Morgan fingerprint density at radius 1 is 1.00 bits per heavy atom. The number of amides is 2. The summed E-state index contributed by atoms with van der Waals surface area (Å²) < 4.78 is 0. The number of likely N-dealkylation sites (tertiary alicyclic amines) is 1. The first-order valence-electron chi connectivity index (χ1n) is 10.9. The van der Waals surface area contributed by atoms with Crippen LogP contribution in [-0.2, 0) is 0 Å². The lowest BCUT2D eigenvalue weighted by atomic mass is 10.1. The van der Waals surface area contributed by atoms with Gasteiger partial charge >= 0.3 is 0 Å². The summed E-state index contributed by atoms with van der Waals surface area (Å²) in [5.74, 6) is -0.438. The van der Waals surface area contributed by atoms with Crippen molar-refractivity contribution in [3.63, 3.8) is 0 Å². The van der Waals surface area contributed by atoms with E-state index in [4.69, 9.17) is 0 Å². The van der Waals surface area contributed by atoms with Crippen molar-refractivity contribution in [2.75, 3.05) is 31.5 Å². The van der Waals surface area contributed by atoms with Gasteiger partial charge in [-0.05, 0) is 57.1 Å². The summed E-state index contributed by atoms with van der Waals surface area (Å²) in [6, 6.07) is 16.5. The van der Waals surface area contributed by atoms with Crippen LogP contribution in [-0.4, -0.2) is 52.9 Å². The summed E-state index contributed by atoms with van der Waals surface area (Å²) in [6.45, 7) is 5.46. The van der Waals surface area contributed by atoms with Gasteiger partial charge in [0, 0.05) is 29.9 Å². The summed E-state index contributed by atoms with van der Waals surface area (Å²) in [6.07, 6.45) is 4.09. The molecule has 0 aliphatic carbocycles. The molecule has 1 aliphatic heterocycles. The van der Waals surface area contributed by atoms with E-state index in [9.17, 15) is 9.59 Å². The molecule has 1 fully saturated rings. The molecule has 2 N–H and O–H groups in total. The number of aromatic nitrogens is 2. The molecule has 2 aromatic carbocycles. The van der Waals surface area contributed by atoms with Gasteiger partial charge in [0.15, 0.2) is 0 Å². The van der Waals surface area contributed by atoms with E-state index in [2.05, 4.69) is 25.5 Å². The number of carbonyl (C=O) groups excluding carboxylic acids is 2. The molecule has 4 rings (SSSR count). The second-order valence-electron chi connectivity index (χ2n) is 7.89. The third-order valence-corrected chi connectivity index (χ3v) is 5.53. The number of para-hydroxylation sites is 1. The minimum absolute atomic E-state index is 0.117. The number of hydrogen-bond acceptors (Lipinski definition) is 5. The van der Waals surface area contributed by atoms with Crippen LogP contribution in [0, 0.1) is 6.92 Å². The van der Waals surface area contributed by atoms with Crippen molar-refractivity contribution < 1.29 is 9.59 Å². The molecule has 0 bridgehead atoms. The van der Waals surface area contributed by atoms with Gasteiger partial charge in [-0.1, -0.05) is 30.3 Å². The van der Waals surface area contributed by atoms with Crippen molar-refractivity contribution in [2.45, 2.75) is 19.8 Å². The number of rotatable bonds is 7. The summed E-state index contributed by atoms with van der Waals surface area (Å²) in [7, 11) is 0. The molecule has 164 valence electrons. The number of aryl methyl sites for hydroxylation is 1. The van der Waals surface area contributed by atoms with Crippen LogP contribution in [0.5, 0.6) is 0 Å². The fourth-order valence-electron chi connectivity index (χ4n) is 3.77. The zero-order chi connectivity index (χ0) is 22.3. The van der Waals surface area contributed by atoms with Crippen LogP contribution < -0.4 is 10.6 Å². The first-order valence-corrected chi connectivity index (χ1v) is 10.9. The van der Waals surface area contributed by atoms with E-state index in [-0.39, 0.29) is 17.5 Å². The van der Waals surface area contributed by atoms with Crippen molar-refractivity contribution in [3.05, 3.63) is 77.7 Å². The largest absolute Gasteiger partial charge is 0.351 e. The molecule has 3 aromatic rings. The molecule has 1 aromatic heterocycles. The van der Waals surface area contributed by atoms with E-state index in [0.717, 1.165) is 25.2 Å². The quantitative estimate of drug-likeness (QED) is 0.600. The van der Waals surface area contributed by atoms with Crippen molar-refractivity contribution in [2.24, 2.45) is 0 Å². The molecule has 0 spiro atoms. The first kappa shape index (κ1) is 21.6. The van der Waals surface area contributed by atoms with E-state index in [1.165, 1.54) is 12.8 Å². The Hall–Kier alpha value is -3.58. The Labute approximate surface area is 187 Å². The summed E-state index contributed by atoms with van der Waals surface area (Å²) in [5.41, 5.74) is 3.32. The van der Waals surface area contributed by atoms with Crippen LogP contribution in [0.3, 0.4) is 0 Å². The van der Waals surface area contributed by atoms with Gasteiger partial charge < -0.3 is 15.5 Å². The fourth-order valence-corrected chi connectivity index (χ4v) is 3.77. The number of benzene rings is 2. The molecule has 0 unspecified atom stereocenters. The van der Waals surface area contributed by atoms with Crippen LogP contribution >= 0.6 is 0 Å². The van der Waals surface area contributed by atoms with Crippen LogP contribution in [0.15, 0.2) is 60.8 Å². The Morgan fingerprint density at radius 3 is 2.56 bits per heavy atom. The van der Waals surface area contributed by atoms with Gasteiger partial charge in [0.25, 0.3) is 11.8 Å². The molecule has 2 amide bonds. The lowest BCUT2D eigenvalue weighted by molar-refractivity contribution is 0.0948. The number of anilines is 1. The zero-order valence-corrected chi connectivity index (χ0v) is 18.2. The van der Waals surface area contributed by atoms with Gasteiger partial charge in [-0.25, -0.2) is 4.98 Å². The second-order valence-corrected chi connectivity index (χ2v) is 7.89. The molecular weight excluding hydrogens is 402 g/mol. The predicted octanol–water partition coefficient (Wildman–Crippen LogP) is 3.53. The van der Waals surface area contributed by atoms with E-state index in [1.807, 2.05) is 42.5 Å². The molecule has 7 heteroatoms. The van der Waals surface area contributed by atoms with Gasteiger partial charge in [-0.15, -0.1) is 0 Å². The van der Waals surface area contributed by atoms with E-state index >= 15 is 0 Å². The molecular formula is C25H27N5O2. The first-order chi connectivity index (χ1) is 15.6. The van der Waals surface area contributed by atoms with Gasteiger partial charge in [0.1, 0.15) is 5.69 Å². The lowest BCUT2D eigenvalue weighted by Crippen LogP contribution is -2.33. The molecule has 0 radical (unpaired) electrons. The topological polar surface area (TPSA) is 87.2 Å². The van der Waals surface area contributed by atoms with E-state index in [0.29, 0.717) is 29.2 Å². The maximum absolute atomic E-state index is 12.7. The number of nitrogens with zero attached hydrogens (tertiary/aromatic N) is 3. The van der Waals surface area contributed by atoms with Gasteiger partial charge in [0.05, 0.1) is 17.6 Å². The number of carbonyl (C=O) groups is 2. The standard InChI is InChI=1S/C25H27N5O2/c1-18-23(25(32)28-21-10-3-2-4-11-21)29-22(17-27-18)19-8-7-9-20(16-19)24(31)26-12-15-30-13-5-6-14-30/h2-4,7-11,16-17H,5-6,12-15H2,1H3,(H,26,31)(H,28,32). The minimum atomic E-state index is -0.320. The lowest BCUT2D eigenvalue weighted by Gasteiger charge is -2.15. The normalized spacial score (nSPS) is 13.7. The Balaban J connectivity index is 1.46. The molecule has 0 atom stereocenters. The molecule has 0 saturated carbocycles. The van der Waals surface area contributed by atoms with Crippen molar-refractivity contribution >= 4 is 17.5 Å². The van der Waals surface area contributed by atoms with Crippen molar-refractivity contribution in [3.8, 4) is 11.3 Å². The monoisotopic (exact) mass is 429 g/mol. The van der Waals surface area contributed by atoms with Crippen LogP contribution in [0.4, 0.5) is 5.69 Å². The summed E-state index contributed by atoms with van der Waals surface area (Å²) >= 11 is 0. The summed E-state index contributed by atoms with van der Waals surface area (Å²) in [5, 5.41) is 5.83. The van der Waals surface area contributed by atoms with Crippen LogP contribution in [0.25, 0.3) is 11.3 Å². The SMILES string of the molecule is Cc1ncc(-c2cccc(C(=O)NCCN3CCCC3)c2)nc1C(=O)Nc1ccccc1. The van der Waals surface area contributed by atoms with Gasteiger partial charge in [0.2, 0.25) is 0 Å². The van der Waals surface area contributed by atoms with E-state index in [1.54, 1.807) is 25.3 Å². The number of hydrogen-bond donors (Lipinski definition) is 2. The average Bonchev–Trinajstić information content (AvgIpc) is 3.33. The van der Waals surface area contributed by atoms with Gasteiger partial charge in [-0.3, -0.25) is 14.6 Å². The van der Waals surface area contributed by atoms with Crippen molar-refractivity contribution in [1.82, 2.24) is 20.2 Å². The molecule has 2 heterocycles. The molecule has 32 heavy (non-hydrogen) atoms. The smallest absolute Gasteiger partial charge is 0.276 e. The van der Waals surface area contributed by atoms with Crippen LogP contribution in [0.2, 0.25) is 0 Å². The Morgan fingerprint density at radius 2 is 1.78 bits per heavy atom. The fraction of sp³-hybridized carbons (Fsp3) is 0.280. The highest BCUT2D eigenvalue weighted by molar-refractivity contribution is 6.03. The Bertz CT molecular complexity index is 1090. The highest BCUT2D eigenvalue weighted by atomic mass is 16.2. The maximum atomic E-state index is 12.7. The third kappa shape index (κ3) is 5.36. The highest BCUT2D eigenvalue weighted by Gasteiger charge is 2.16. The highest BCUT2D eigenvalue weighted by Crippen LogP contribution is 2.20. The molecule has 1 aliphatic rings. The summed E-state index contributed by atoms with van der Waals surface area (Å²) in [4.78, 5) is 36.6. The number of nitrogens with one attached hydrogen (secondary N) is 2.